The lowest BCUT2D eigenvalue weighted by Crippen LogP contribution is -2.44. The van der Waals surface area contributed by atoms with Crippen LogP contribution in [0, 0.1) is 5.41 Å². The molecule has 1 spiro atoms. The maximum atomic E-state index is 12.8. The second-order valence-electron chi connectivity index (χ2n) is 6.70. The predicted molar refractivity (Wildman–Crippen MR) is 94.6 cm³/mol. The molecule has 0 saturated carbocycles. The van der Waals surface area contributed by atoms with Gasteiger partial charge in [-0.1, -0.05) is 0 Å². The summed E-state index contributed by atoms with van der Waals surface area (Å²) in [5.74, 6) is 0.0280. The molecule has 3 heterocycles. The standard InChI is InChI=1S/C16H23N3O3S2/c1-23-14-13(4-3-8-17-14)15(20)18-9-5-16(6-10-18)7-11-19(12-16)24(2,21)22/h3-4,8H,5-7,9-12H2,1-2H3. The van der Waals surface area contributed by atoms with E-state index in [1.807, 2.05) is 17.2 Å². The van der Waals surface area contributed by atoms with Crippen molar-refractivity contribution in [1.82, 2.24) is 14.2 Å². The fourth-order valence-corrected chi connectivity index (χ4v) is 5.13. The summed E-state index contributed by atoms with van der Waals surface area (Å²) in [7, 11) is -3.12. The van der Waals surface area contributed by atoms with E-state index in [9.17, 15) is 13.2 Å². The first-order valence-corrected chi connectivity index (χ1v) is 11.2. The van der Waals surface area contributed by atoms with E-state index < -0.39 is 10.0 Å². The fraction of sp³-hybridized carbons (Fsp3) is 0.625. The van der Waals surface area contributed by atoms with Crippen LogP contribution in [0.2, 0.25) is 0 Å². The molecule has 6 nitrogen and oxygen atoms in total. The summed E-state index contributed by atoms with van der Waals surface area (Å²) in [5, 5.41) is 0.756. The van der Waals surface area contributed by atoms with Gasteiger partial charge in [0.1, 0.15) is 5.03 Å². The minimum Gasteiger partial charge on any atom is -0.339 e. The van der Waals surface area contributed by atoms with Gasteiger partial charge in [0.25, 0.3) is 5.91 Å². The number of amides is 1. The zero-order chi connectivity index (χ0) is 17.4. The molecule has 0 N–H and O–H groups in total. The number of pyridine rings is 1. The summed E-state index contributed by atoms with van der Waals surface area (Å²) in [6.07, 6.45) is 7.51. The van der Waals surface area contributed by atoms with Crippen LogP contribution in [0.5, 0.6) is 0 Å². The van der Waals surface area contributed by atoms with E-state index in [-0.39, 0.29) is 11.3 Å². The number of carbonyl (C=O) groups excluding carboxylic acids is 1. The minimum absolute atomic E-state index is 0.0280. The highest BCUT2D eigenvalue weighted by molar-refractivity contribution is 7.98. The number of hydrogen-bond acceptors (Lipinski definition) is 5. The second kappa shape index (κ2) is 6.65. The molecule has 0 radical (unpaired) electrons. The molecule has 1 aromatic heterocycles. The molecule has 3 rings (SSSR count). The number of rotatable bonds is 3. The van der Waals surface area contributed by atoms with E-state index in [1.165, 1.54) is 18.0 Å². The van der Waals surface area contributed by atoms with Crippen LogP contribution in [0.4, 0.5) is 0 Å². The Morgan fingerprint density at radius 2 is 1.92 bits per heavy atom. The Morgan fingerprint density at radius 1 is 1.25 bits per heavy atom. The molecule has 0 aliphatic carbocycles. The first-order valence-electron chi connectivity index (χ1n) is 8.08. The van der Waals surface area contributed by atoms with Gasteiger partial charge in [-0.2, -0.15) is 0 Å². The summed E-state index contributed by atoms with van der Waals surface area (Å²) in [6.45, 7) is 2.56. The van der Waals surface area contributed by atoms with E-state index in [1.54, 1.807) is 16.6 Å². The van der Waals surface area contributed by atoms with Crippen LogP contribution >= 0.6 is 11.8 Å². The fourth-order valence-electron chi connectivity index (χ4n) is 3.66. The molecule has 0 unspecified atom stereocenters. The molecular weight excluding hydrogens is 346 g/mol. The lowest BCUT2D eigenvalue weighted by Gasteiger charge is -2.39. The average Bonchev–Trinajstić information content (AvgIpc) is 2.99. The molecule has 0 bridgehead atoms. The Kier molecular flexibility index (Phi) is 4.90. The van der Waals surface area contributed by atoms with Crippen molar-refractivity contribution >= 4 is 27.7 Å². The SMILES string of the molecule is CSc1ncccc1C(=O)N1CCC2(CC1)CCN(S(C)(=O)=O)C2. The van der Waals surface area contributed by atoms with Crippen LogP contribution in [0.3, 0.4) is 0 Å². The van der Waals surface area contributed by atoms with Crippen molar-refractivity contribution in [3.63, 3.8) is 0 Å². The van der Waals surface area contributed by atoms with Gasteiger partial charge in [0.05, 0.1) is 11.8 Å². The Morgan fingerprint density at radius 3 is 2.50 bits per heavy atom. The first-order chi connectivity index (χ1) is 11.3. The summed E-state index contributed by atoms with van der Waals surface area (Å²) in [5.41, 5.74) is 0.696. The van der Waals surface area contributed by atoms with Gasteiger partial charge in [-0.05, 0) is 43.1 Å². The molecule has 1 aromatic rings. The van der Waals surface area contributed by atoms with Crippen molar-refractivity contribution in [2.75, 3.05) is 38.7 Å². The predicted octanol–water partition coefficient (Wildman–Crippen LogP) is 1.69. The van der Waals surface area contributed by atoms with Gasteiger partial charge in [0, 0.05) is 32.4 Å². The van der Waals surface area contributed by atoms with Gasteiger partial charge in [0.15, 0.2) is 0 Å². The van der Waals surface area contributed by atoms with Gasteiger partial charge in [-0.15, -0.1) is 11.8 Å². The second-order valence-corrected chi connectivity index (χ2v) is 9.48. The zero-order valence-corrected chi connectivity index (χ0v) is 15.7. The first kappa shape index (κ1) is 17.7. The number of hydrogen-bond donors (Lipinski definition) is 0. The number of aromatic nitrogens is 1. The average molecular weight is 370 g/mol. The van der Waals surface area contributed by atoms with Crippen molar-refractivity contribution < 1.29 is 13.2 Å². The van der Waals surface area contributed by atoms with E-state index in [0.29, 0.717) is 31.7 Å². The Labute approximate surface area is 147 Å². The summed E-state index contributed by atoms with van der Waals surface area (Å²) in [6, 6.07) is 3.62. The molecule has 2 fully saturated rings. The summed E-state index contributed by atoms with van der Waals surface area (Å²) < 4.78 is 25.1. The number of likely N-dealkylation sites (tertiary alicyclic amines) is 1. The van der Waals surface area contributed by atoms with Crippen molar-refractivity contribution in [3.8, 4) is 0 Å². The highest BCUT2D eigenvalue weighted by atomic mass is 32.2. The lowest BCUT2D eigenvalue weighted by molar-refractivity contribution is 0.0595. The molecule has 24 heavy (non-hydrogen) atoms. The molecule has 1 amide bonds. The number of thioether (sulfide) groups is 1. The Bertz CT molecular complexity index is 728. The normalized spacial score (nSPS) is 21.3. The summed E-state index contributed by atoms with van der Waals surface area (Å²) >= 11 is 1.48. The molecule has 8 heteroatoms. The Hall–Kier alpha value is -1.12. The number of carbonyl (C=O) groups is 1. The molecule has 132 valence electrons. The monoisotopic (exact) mass is 369 g/mol. The van der Waals surface area contributed by atoms with Crippen molar-refractivity contribution in [2.45, 2.75) is 24.3 Å². The molecule has 0 aromatic carbocycles. The number of sulfonamides is 1. The van der Waals surface area contributed by atoms with Crippen molar-refractivity contribution in [3.05, 3.63) is 23.9 Å². The van der Waals surface area contributed by atoms with E-state index in [4.69, 9.17) is 0 Å². The van der Waals surface area contributed by atoms with Gasteiger partial charge in [0.2, 0.25) is 10.0 Å². The number of nitrogens with zero attached hydrogens (tertiary/aromatic N) is 3. The maximum absolute atomic E-state index is 12.8. The lowest BCUT2D eigenvalue weighted by atomic mass is 9.78. The topological polar surface area (TPSA) is 70.6 Å². The minimum atomic E-state index is -3.12. The molecular formula is C16H23N3O3S2. The third kappa shape index (κ3) is 3.45. The third-order valence-electron chi connectivity index (χ3n) is 5.18. The van der Waals surface area contributed by atoms with Crippen molar-refractivity contribution in [1.29, 1.82) is 0 Å². The van der Waals surface area contributed by atoms with Crippen molar-refractivity contribution in [2.24, 2.45) is 5.41 Å². The maximum Gasteiger partial charge on any atom is 0.256 e. The van der Waals surface area contributed by atoms with Crippen LogP contribution in [0.25, 0.3) is 0 Å². The van der Waals surface area contributed by atoms with Gasteiger partial charge < -0.3 is 4.90 Å². The Balaban J connectivity index is 1.66. The van der Waals surface area contributed by atoms with Crippen LogP contribution in [0.1, 0.15) is 29.6 Å². The summed E-state index contributed by atoms with van der Waals surface area (Å²) in [4.78, 5) is 18.9. The smallest absolute Gasteiger partial charge is 0.256 e. The van der Waals surface area contributed by atoms with E-state index in [0.717, 1.165) is 24.3 Å². The van der Waals surface area contributed by atoms with Gasteiger partial charge >= 0.3 is 0 Å². The van der Waals surface area contributed by atoms with E-state index in [2.05, 4.69) is 4.98 Å². The molecule has 2 aliphatic heterocycles. The zero-order valence-electron chi connectivity index (χ0n) is 14.1. The molecule has 0 atom stereocenters. The van der Waals surface area contributed by atoms with Crippen LogP contribution in [-0.4, -0.2) is 67.2 Å². The quantitative estimate of drug-likeness (QED) is 0.759. The van der Waals surface area contributed by atoms with Crippen LogP contribution in [-0.2, 0) is 10.0 Å². The molecule has 2 aliphatic rings. The number of piperidine rings is 1. The highest BCUT2D eigenvalue weighted by Crippen LogP contribution is 2.41. The largest absolute Gasteiger partial charge is 0.339 e. The van der Waals surface area contributed by atoms with Gasteiger partial charge in [-0.3, -0.25) is 4.79 Å². The van der Waals surface area contributed by atoms with Crippen LogP contribution < -0.4 is 0 Å². The highest BCUT2D eigenvalue weighted by Gasteiger charge is 2.43. The molecule has 2 saturated heterocycles. The van der Waals surface area contributed by atoms with E-state index >= 15 is 0 Å². The van der Waals surface area contributed by atoms with Crippen LogP contribution in [0.15, 0.2) is 23.4 Å². The van der Waals surface area contributed by atoms with Gasteiger partial charge in [-0.25, -0.2) is 17.7 Å². The third-order valence-corrected chi connectivity index (χ3v) is 7.14.